The number of carbonyl (C=O) groups excluding carboxylic acids is 1. The number of methoxy groups -OCH3 is 1. The summed E-state index contributed by atoms with van der Waals surface area (Å²) in [7, 11) is 1.31. The fourth-order valence-electron chi connectivity index (χ4n) is 0.861. The van der Waals surface area contributed by atoms with E-state index in [1.807, 2.05) is 0 Å². The molecule has 0 heterocycles. The zero-order chi connectivity index (χ0) is 9.84. The van der Waals surface area contributed by atoms with Crippen LogP contribution in [0.4, 0.5) is 0 Å². The molecule has 0 spiro atoms. The van der Waals surface area contributed by atoms with E-state index in [9.17, 15) is 4.79 Å². The Morgan fingerprint density at radius 1 is 1.46 bits per heavy atom. The second kappa shape index (κ2) is 4.05. The first kappa shape index (κ1) is 9.74. The first-order chi connectivity index (χ1) is 6.15. The highest BCUT2D eigenvalue weighted by molar-refractivity contribution is 5.80. The van der Waals surface area contributed by atoms with Gasteiger partial charge in [-0.2, -0.15) is 0 Å². The van der Waals surface area contributed by atoms with Crippen molar-refractivity contribution in [1.29, 1.82) is 0 Å². The van der Waals surface area contributed by atoms with Gasteiger partial charge in [0.1, 0.15) is 6.04 Å². The van der Waals surface area contributed by atoms with Crippen LogP contribution in [0.1, 0.15) is 6.92 Å². The Labute approximate surface area is 77.5 Å². The molecule has 0 amide bonds. The third-order valence-corrected chi connectivity index (χ3v) is 1.69. The molecule has 0 aromatic carbocycles. The number of fused-ring (bicyclic) bond motifs is 1. The van der Waals surface area contributed by atoms with Crippen molar-refractivity contribution in [3.05, 3.63) is 24.3 Å². The van der Waals surface area contributed by atoms with Crippen LogP contribution in [0.3, 0.4) is 0 Å². The molecule has 2 rings (SSSR count). The first-order valence-corrected chi connectivity index (χ1v) is 4.09. The molecule has 1 atom stereocenters. The minimum Gasteiger partial charge on any atom is -0.468 e. The number of rotatable bonds is 1. The van der Waals surface area contributed by atoms with Gasteiger partial charge in [-0.1, -0.05) is 18.2 Å². The molecular formula is C10H13NO2. The van der Waals surface area contributed by atoms with Crippen LogP contribution in [-0.4, -0.2) is 19.1 Å². The van der Waals surface area contributed by atoms with Crippen LogP contribution >= 0.6 is 0 Å². The fraction of sp³-hybridized carbons (Fsp3) is 0.300. The molecule has 0 bridgehead atoms. The van der Waals surface area contributed by atoms with Gasteiger partial charge in [-0.3, -0.25) is 4.79 Å². The zero-order valence-electron chi connectivity index (χ0n) is 7.78. The third kappa shape index (κ3) is 2.87. The molecular weight excluding hydrogens is 166 g/mol. The summed E-state index contributed by atoms with van der Waals surface area (Å²) in [5.74, 6) is -0.375. The van der Waals surface area contributed by atoms with Crippen molar-refractivity contribution >= 4 is 5.97 Å². The van der Waals surface area contributed by atoms with Gasteiger partial charge >= 0.3 is 5.97 Å². The third-order valence-electron chi connectivity index (χ3n) is 1.69. The molecule has 2 aliphatic rings. The van der Waals surface area contributed by atoms with Gasteiger partial charge in [0.25, 0.3) is 0 Å². The van der Waals surface area contributed by atoms with Crippen LogP contribution in [0, 0.1) is 0 Å². The van der Waals surface area contributed by atoms with Gasteiger partial charge in [-0.05, 0) is 24.1 Å². The SMILES string of the molecule is COC(=O)C(C)N.c1cc2cc-2c1. The molecule has 0 radical (unpaired) electrons. The number of carbonyl (C=O) groups is 1. The molecule has 0 aromatic rings. The lowest BCUT2D eigenvalue weighted by molar-refractivity contribution is -0.141. The van der Waals surface area contributed by atoms with E-state index in [0.717, 1.165) is 0 Å². The number of ether oxygens (including phenoxy) is 1. The van der Waals surface area contributed by atoms with E-state index in [0.29, 0.717) is 0 Å². The van der Waals surface area contributed by atoms with E-state index >= 15 is 0 Å². The smallest absolute Gasteiger partial charge is 0.322 e. The van der Waals surface area contributed by atoms with E-state index in [2.05, 4.69) is 29.0 Å². The summed E-state index contributed by atoms with van der Waals surface area (Å²) in [6, 6.07) is 7.99. The summed E-state index contributed by atoms with van der Waals surface area (Å²) >= 11 is 0. The minimum atomic E-state index is -0.495. The van der Waals surface area contributed by atoms with Crippen LogP contribution in [0.15, 0.2) is 24.3 Å². The molecule has 13 heavy (non-hydrogen) atoms. The lowest BCUT2D eigenvalue weighted by Gasteiger charge is -1.98. The number of hydrogen-bond acceptors (Lipinski definition) is 3. The minimum absolute atomic E-state index is 0.375. The Hall–Kier alpha value is -1.35. The van der Waals surface area contributed by atoms with Gasteiger partial charge in [-0.25, -0.2) is 0 Å². The number of esters is 1. The second-order valence-corrected chi connectivity index (χ2v) is 2.89. The van der Waals surface area contributed by atoms with Crippen molar-refractivity contribution in [1.82, 2.24) is 0 Å². The van der Waals surface area contributed by atoms with Crippen molar-refractivity contribution in [3.63, 3.8) is 0 Å². The average molecular weight is 179 g/mol. The molecule has 0 saturated carbocycles. The Balaban J connectivity index is 0.000000130. The number of nitrogens with two attached hydrogens (primary N) is 1. The van der Waals surface area contributed by atoms with Gasteiger partial charge in [0.15, 0.2) is 0 Å². The molecule has 0 saturated heterocycles. The lowest BCUT2D eigenvalue weighted by Crippen LogP contribution is -2.27. The maximum atomic E-state index is 10.2. The largest absolute Gasteiger partial charge is 0.468 e. The highest BCUT2D eigenvalue weighted by atomic mass is 16.5. The predicted molar refractivity (Wildman–Crippen MR) is 51.1 cm³/mol. The second-order valence-electron chi connectivity index (χ2n) is 2.89. The van der Waals surface area contributed by atoms with Gasteiger partial charge in [0.2, 0.25) is 0 Å². The Morgan fingerprint density at radius 2 is 2.00 bits per heavy atom. The van der Waals surface area contributed by atoms with E-state index in [1.165, 1.54) is 18.2 Å². The van der Waals surface area contributed by atoms with Gasteiger partial charge in [0.05, 0.1) is 7.11 Å². The zero-order valence-corrected chi connectivity index (χ0v) is 7.78. The number of benzene rings is 1. The van der Waals surface area contributed by atoms with Crippen LogP contribution in [0.25, 0.3) is 11.1 Å². The quantitative estimate of drug-likeness (QED) is 0.668. The number of hydrogen-bond donors (Lipinski definition) is 1. The van der Waals surface area contributed by atoms with E-state index in [1.54, 1.807) is 6.92 Å². The van der Waals surface area contributed by atoms with E-state index < -0.39 is 6.04 Å². The fourth-order valence-corrected chi connectivity index (χ4v) is 0.861. The maximum Gasteiger partial charge on any atom is 0.322 e. The summed E-state index contributed by atoms with van der Waals surface area (Å²) in [6.07, 6.45) is 0. The normalized spacial score (nSPS) is 12.2. The molecule has 3 nitrogen and oxygen atoms in total. The van der Waals surface area contributed by atoms with Crippen LogP contribution in [0.2, 0.25) is 0 Å². The first-order valence-electron chi connectivity index (χ1n) is 4.09. The maximum absolute atomic E-state index is 10.2. The van der Waals surface area contributed by atoms with Crippen LogP contribution in [0.5, 0.6) is 0 Å². The van der Waals surface area contributed by atoms with Gasteiger partial charge < -0.3 is 10.5 Å². The van der Waals surface area contributed by atoms with Crippen molar-refractivity contribution < 1.29 is 9.53 Å². The van der Waals surface area contributed by atoms with E-state index in [-0.39, 0.29) is 5.97 Å². The van der Waals surface area contributed by atoms with Crippen molar-refractivity contribution in [2.75, 3.05) is 7.11 Å². The van der Waals surface area contributed by atoms with Crippen molar-refractivity contribution in [3.8, 4) is 11.1 Å². The van der Waals surface area contributed by atoms with E-state index in [4.69, 9.17) is 5.73 Å². The van der Waals surface area contributed by atoms with Gasteiger partial charge in [0, 0.05) is 0 Å². The van der Waals surface area contributed by atoms with Crippen molar-refractivity contribution in [2.24, 2.45) is 5.73 Å². The molecule has 0 fully saturated rings. The monoisotopic (exact) mass is 179 g/mol. The average Bonchev–Trinajstić information content (AvgIpc) is 2.73. The summed E-state index contributed by atoms with van der Waals surface area (Å²) in [6.45, 7) is 1.58. The molecule has 0 aromatic heterocycles. The molecule has 2 aliphatic carbocycles. The Morgan fingerprint density at radius 3 is 2.08 bits per heavy atom. The molecule has 0 aliphatic heterocycles. The summed E-state index contributed by atoms with van der Waals surface area (Å²) in [4.78, 5) is 10.2. The summed E-state index contributed by atoms with van der Waals surface area (Å²) < 4.78 is 4.25. The summed E-state index contributed by atoms with van der Waals surface area (Å²) in [5, 5.41) is 0. The van der Waals surface area contributed by atoms with Crippen LogP contribution in [-0.2, 0) is 9.53 Å². The lowest BCUT2D eigenvalue weighted by atomic mass is 10.4. The van der Waals surface area contributed by atoms with Crippen molar-refractivity contribution in [2.45, 2.75) is 13.0 Å². The molecule has 3 heteroatoms. The van der Waals surface area contributed by atoms with Crippen LogP contribution < -0.4 is 5.73 Å². The highest BCUT2D eigenvalue weighted by Crippen LogP contribution is 2.32. The highest BCUT2D eigenvalue weighted by Gasteiger charge is 2.07. The Kier molecular flexibility index (Phi) is 3.03. The molecule has 70 valence electrons. The molecule has 1 unspecified atom stereocenters. The topological polar surface area (TPSA) is 52.3 Å². The standard InChI is InChI=1S/C6H4.C4H9NO2/c1-2-5-4-6(5)3-1;1-3(5)4(6)7-2/h1-4H;3H,5H2,1-2H3. The Bertz CT molecular complexity index is 290. The summed E-state index contributed by atoms with van der Waals surface area (Å²) in [5.41, 5.74) is 7.92. The molecule has 2 N–H and O–H groups in total. The van der Waals surface area contributed by atoms with Gasteiger partial charge in [-0.15, -0.1) is 0 Å². The predicted octanol–water partition coefficient (Wildman–Crippen LogP) is 1.17.